The van der Waals surface area contributed by atoms with Crippen molar-refractivity contribution >= 4 is 17.5 Å². The molecule has 92 valence electrons. The van der Waals surface area contributed by atoms with Crippen molar-refractivity contribution in [2.75, 3.05) is 13.1 Å². The Labute approximate surface area is 105 Å². The average molecular weight is 256 g/mol. The van der Waals surface area contributed by atoms with Gasteiger partial charge in [-0.25, -0.2) is 9.97 Å². The molecule has 1 saturated heterocycles. The van der Waals surface area contributed by atoms with E-state index in [1.54, 1.807) is 6.92 Å². The standard InChI is InChI=1S/C11H14ClN3O2/c1-8(16)15-4-2-10(3-5-15)17-11-13-6-9(12)7-14-11/h6-7,10H,2-5H2,1H3. The minimum absolute atomic E-state index is 0.0757. The fourth-order valence-electron chi connectivity index (χ4n) is 1.80. The highest BCUT2D eigenvalue weighted by atomic mass is 35.5. The number of piperidine rings is 1. The molecule has 1 aliphatic heterocycles. The summed E-state index contributed by atoms with van der Waals surface area (Å²) in [7, 11) is 0. The zero-order chi connectivity index (χ0) is 12.3. The summed E-state index contributed by atoms with van der Waals surface area (Å²) in [6.45, 7) is 3.05. The van der Waals surface area contributed by atoms with Crippen LogP contribution in [-0.2, 0) is 4.79 Å². The molecule has 1 aliphatic rings. The molecular formula is C11H14ClN3O2. The number of rotatable bonds is 2. The number of ether oxygens (including phenoxy) is 1. The Hall–Kier alpha value is -1.36. The number of hydrogen-bond donors (Lipinski definition) is 0. The Bertz CT molecular complexity index is 388. The molecule has 0 spiro atoms. The number of aromatic nitrogens is 2. The monoisotopic (exact) mass is 255 g/mol. The molecule has 0 aromatic carbocycles. The van der Waals surface area contributed by atoms with Crippen LogP contribution in [0.5, 0.6) is 6.01 Å². The van der Waals surface area contributed by atoms with Crippen LogP contribution in [0.2, 0.25) is 5.02 Å². The summed E-state index contributed by atoms with van der Waals surface area (Å²) in [6, 6.07) is 0.343. The lowest BCUT2D eigenvalue weighted by molar-refractivity contribution is -0.130. The highest BCUT2D eigenvalue weighted by Gasteiger charge is 2.22. The zero-order valence-electron chi connectivity index (χ0n) is 9.60. The molecule has 1 aromatic heterocycles. The van der Waals surface area contributed by atoms with Gasteiger partial charge in [-0.05, 0) is 0 Å². The molecule has 0 N–H and O–H groups in total. The van der Waals surface area contributed by atoms with Crippen LogP contribution in [-0.4, -0.2) is 40.0 Å². The molecule has 0 bridgehead atoms. The maximum absolute atomic E-state index is 11.1. The van der Waals surface area contributed by atoms with Gasteiger partial charge in [-0.15, -0.1) is 0 Å². The third-order valence-electron chi connectivity index (χ3n) is 2.76. The number of likely N-dealkylation sites (tertiary alicyclic amines) is 1. The van der Waals surface area contributed by atoms with E-state index in [9.17, 15) is 4.79 Å². The van der Waals surface area contributed by atoms with E-state index in [0.29, 0.717) is 11.0 Å². The van der Waals surface area contributed by atoms with Crippen LogP contribution < -0.4 is 4.74 Å². The molecule has 0 unspecified atom stereocenters. The van der Waals surface area contributed by atoms with Gasteiger partial charge in [0.15, 0.2) is 0 Å². The van der Waals surface area contributed by atoms with Crippen molar-refractivity contribution in [1.29, 1.82) is 0 Å². The molecule has 0 atom stereocenters. The first-order valence-corrected chi connectivity index (χ1v) is 5.92. The Morgan fingerprint density at radius 3 is 2.53 bits per heavy atom. The minimum Gasteiger partial charge on any atom is -0.460 e. The molecular weight excluding hydrogens is 242 g/mol. The van der Waals surface area contributed by atoms with Crippen molar-refractivity contribution < 1.29 is 9.53 Å². The molecule has 1 aromatic rings. The largest absolute Gasteiger partial charge is 0.460 e. The van der Waals surface area contributed by atoms with E-state index < -0.39 is 0 Å². The van der Waals surface area contributed by atoms with E-state index in [-0.39, 0.29) is 12.0 Å². The van der Waals surface area contributed by atoms with Gasteiger partial charge in [0.2, 0.25) is 5.91 Å². The van der Waals surface area contributed by atoms with Gasteiger partial charge >= 0.3 is 6.01 Å². The smallest absolute Gasteiger partial charge is 0.316 e. The van der Waals surface area contributed by atoms with Crippen LogP contribution in [0.1, 0.15) is 19.8 Å². The van der Waals surface area contributed by atoms with Gasteiger partial charge in [-0.2, -0.15) is 0 Å². The second-order valence-electron chi connectivity index (χ2n) is 4.01. The van der Waals surface area contributed by atoms with Crippen LogP contribution in [0.15, 0.2) is 12.4 Å². The van der Waals surface area contributed by atoms with Crippen LogP contribution in [0.3, 0.4) is 0 Å². The second kappa shape index (κ2) is 5.31. The maximum atomic E-state index is 11.1. The summed E-state index contributed by atoms with van der Waals surface area (Å²) in [5.74, 6) is 0.117. The molecule has 6 heteroatoms. The Morgan fingerprint density at radius 2 is 2.00 bits per heavy atom. The highest BCUT2D eigenvalue weighted by Crippen LogP contribution is 2.16. The van der Waals surface area contributed by atoms with E-state index in [4.69, 9.17) is 16.3 Å². The van der Waals surface area contributed by atoms with Gasteiger partial charge in [0.25, 0.3) is 0 Å². The number of nitrogens with zero attached hydrogens (tertiary/aromatic N) is 3. The Morgan fingerprint density at radius 1 is 1.41 bits per heavy atom. The molecule has 2 heterocycles. The van der Waals surface area contributed by atoms with Crippen molar-refractivity contribution in [2.45, 2.75) is 25.9 Å². The van der Waals surface area contributed by atoms with Crippen molar-refractivity contribution in [3.63, 3.8) is 0 Å². The normalized spacial score (nSPS) is 16.9. The maximum Gasteiger partial charge on any atom is 0.316 e. The van der Waals surface area contributed by atoms with E-state index in [1.165, 1.54) is 12.4 Å². The predicted molar refractivity (Wildman–Crippen MR) is 62.9 cm³/mol. The van der Waals surface area contributed by atoms with Gasteiger partial charge in [-0.1, -0.05) is 11.6 Å². The average Bonchev–Trinajstić information content (AvgIpc) is 2.33. The van der Waals surface area contributed by atoms with Crippen LogP contribution in [0, 0.1) is 0 Å². The first kappa shape index (κ1) is 12.1. The van der Waals surface area contributed by atoms with Crippen molar-refractivity contribution in [2.24, 2.45) is 0 Å². The highest BCUT2D eigenvalue weighted by molar-refractivity contribution is 6.30. The summed E-state index contributed by atoms with van der Waals surface area (Å²) in [5, 5.41) is 0.490. The zero-order valence-corrected chi connectivity index (χ0v) is 10.4. The molecule has 0 radical (unpaired) electrons. The molecule has 17 heavy (non-hydrogen) atoms. The molecule has 2 rings (SSSR count). The molecule has 0 aliphatic carbocycles. The van der Waals surface area contributed by atoms with E-state index in [0.717, 1.165) is 25.9 Å². The summed E-state index contributed by atoms with van der Waals surface area (Å²) >= 11 is 5.68. The summed E-state index contributed by atoms with van der Waals surface area (Å²) < 4.78 is 5.62. The number of amides is 1. The number of hydrogen-bond acceptors (Lipinski definition) is 4. The lowest BCUT2D eigenvalue weighted by Crippen LogP contribution is -2.40. The first-order chi connectivity index (χ1) is 8.15. The SMILES string of the molecule is CC(=O)N1CCC(Oc2ncc(Cl)cn2)CC1. The lowest BCUT2D eigenvalue weighted by Gasteiger charge is -2.30. The van der Waals surface area contributed by atoms with Crippen LogP contribution >= 0.6 is 11.6 Å². The predicted octanol–water partition coefficient (Wildman–Crippen LogP) is 1.52. The van der Waals surface area contributed by atoms with Gasteiger partial charge in [-0.3, -0.25) is 4.79 Å². The topological polar surface area (TPSA) is 55.3 Å². The van der Waals surface area contributed by atoms with Gasteiger partial charge in [0, 0.05) is 32.9 Å². The fraction of sp³-hybridized carbons (Fsp3) is 0.545. The van der Waals surface area contributed by atoms with Crippen molar-refractivity contribution in [3.8, 4) is 6.01 Å². The summed E-state index contributed by atoms with van der Waals surface area (Å²) in [5.41, 5.74) is 0. The Balaban J connectivity index is 1.85. The summed E-state index contributed by atoms with van der Waals surface area (Å²) in [4.78, 5) is 20.9. The van der Waals surface area contributed by atoms with Crippen molar-refractivity contribution in [3.05, 3.63) is 17.4 Å². The first-order valence-electron chi connectivity index (χ1n) is 5.55. The summed E-state index contributed by atoms with van der Waals surface area (Å²) in [6.07, 6.45) is 4.71. The number of halogens is 1. The molecule has 1 amide bonds. The minimum atomic E-state index is 0.0757. The van der Waals surface area contributed by atoms with Crippen LogP contribution in [0.25, 0.3) is 0 Å². The van der Waals surface area contributed by atoms with Gasteiger partial charge in [0.05, 0.1) is 17.4 Å². The molecule has 1 fully saturated rings. The third-order valence-corrected chi connectivity index (χ3v) is 2.95. The number of carbonyl (C=O) groups excluding carboxylic acids is 1. The van der Waals surface area contributed by atoms with E-state index >= 15 is 0 Å². The fourth-order valence-corrected chi connectivity index (χ4v) is 1.90. The Kier molecular flexibility index (Phi) is 3.78. The van der Waals surface area contributed by atoms with Gasteiger partial charge < -0.3 is 9.64 Å². The molecule has 5 nitrogen and oxygen atoms in total. The van der Waals surface area contributed by atoms with E-state index in [1.807, 2.05) is 4.90 Å². The van der Waals surface area contributed by atoms with E-state index in [2.05, 4.69) is 9.97 Å². The lowest BCUT2D eigenvalue weighted by atomic mass is 10.1. The van der Waals surface area contributed by atoms with Crippen molar-refractivity contribution in [1.82, 2.24) is 14.9 Å². The quantitative estimate of drug-likeness (QED) is 0.804. The third kappa shape index (κ3) is 3.30. The van der Waals surface area contributed by atoms with Crippen LogP contribution in [0.4, 0.5) is 0 Å². The second-order valence-corrected chi connectivity index (χ2v) is 4.44. The molecule has 0 saturated carbocycles. The number of carbonyl (C=O) groups is 1. The van der Waals surface area contributed by atoms with Gasteiger partial charge in [0.1, 0.15) is 6.10 Å².